The summed E-state index contributed by atoms with van der Waals surface area (Å²) in [6.07, 6.45) is 4.00. The van der Waals surface area contributed by atoms with E-state index in [1.807, 2.05) is 0 Å². The zero-order chi connectivity index (χ0) is 31.8. The van der Waals surface area contributed by atoms with Crippen LogP contribution in [0.2, 0.25) is 0 Å². The molecule has 0 heterocycles. The fourth-order valence-electron chi connectivity index (χ4n) is 8.38. The van der Waals surface area contributed by atoms with Gasteiger partial charge < -0.3 is 0 Å². The van der Waals surface area contributed by atoms with Gasteiger partial charge in [-0.2, -0.15) is 0 Å². The highest BCUT2D eigenvalue weighted by Crippen LogP contribution is 2.61. The fraction of sp³-hybridized carbons (Fsp3) is 0.149. The molecule has 0 aliphatic heterocycles. The van der Waals surface area contributed by atoms with E-state index in [9.17, 15) is 0 Å². The van der Waals surface area contributed by atoms with Crippen molar-refractivity contribution in [1.29, 1.82) is 0 Å². The molecule has 0 heteroatoms. The Morgan fingerprint density at radius 1 is 0.362 bits per heavy atom. The Balaban J connectivity index is 1.33. The maximum Gasteiger partial charge on any atom is 0.0215 e. The Hall–Kier alpha value is -5.20. The van der Waals surface area contributed by atoms with E-state index in [-0.39, 0.29) is 5.41 Å². The maximum absolute atomic E-state index is 2.41. The van der Waals surface area contributed by atoms with Gasteiger partial charge in [-0.3, -0.25) is 0 Å². The van der Waals surface area contributed by atoms with Crippen LogP contribution >= 0.6 is 0 Å². The average Bonchev–Trinajstić information content (AvgIpc) is 3.74. The molecule has 0 nitrogen and oxygen atoms in total. The highest BCUT2D eigenvalue weighted by molar-refractivity contribution is 6.10. The zero-order valence-corrected chi connectivity index (χ0v) is 27.3. The fourth-order valence-corrected chi connectivity index (χ4v) is 8.38. The molecule has 6 aromatic rings. The lowest BCUT2D eigenvalue weighted by atomic mass is 9.64. The molecule has 0 fully saturated rings. The van der Waals surface area contributed by atoms with Crippen LogP contribution in [0.25, 0.3) is 44.5 Å². The van der Waals surface area contributed by atoms with Crippen LogP contribution in [0.1, 0.15) is 60.1 Å². The van der Waals surface area contributed by atoms with Crippen molar-refractivity contribution in [2.75, 3.05) is 0 Å². The van der Waals surface area contributed by atoms with Crippen molar-refractivity contribution in [3.8, 4) is 22.3 Å². The van der Waals surface area contributed by atoms with Crippen LogP contribution in [0.15, 0.2) is 158 Å². The van der Waals surface area contributed by atoms with Crippen LogP contribution < -0.4 is 0 Å². The van der Waals surface area contributed by atoms with E-state index >= 15 is 0 Å². The van der Waals surface area contributed by atoms with Crippen molar-refractivity contribution in [2.45, 2.75) is 39.5 Å². The van der Waals surface area contributed by atoms with Gasteiger partial charge in [0.15, 0.2) is 0 Å². The molecule has 0 unspecified atom stereocenters. The third-order valence-corrected chi connectivity index (χ3v) is 10.8. The van der Waals surface area contributed by atoms with Crippen LogP contribution in [0.5, 0.6) is 0 Å². The first-order chi connectivity index (χ1) is 23.2. The predicted octanol–water partition coefficient (Wildman–Crippen LogP) is 12.5. The summed E-state index contributed by atoms with van der Waals surface area (Å²) in [5, 5.41) is 0. The van der Waals surface area contributed by atoms with Crippen molar-refractivity contribution in [3.05, 3.63) is 191 Å². The molecule has 228 valence electrons. The first-order valence-corrected chi connectivity index (χ1v) is 17.2. The molecule has 0 aromatic heterocycles. The largest absolute Gasteiger partial charge is 0.0642 e. The van der Waals surface area contributed by atoms with Gasteiger partial charge in [0.25, 0.3) is 0 Å². The smallest absolute Gasteiger partial charge is 0.0215 e. The summed E-state index contributed by atoms with van der Waals surface area (Å²) in [6, 6.07) is 58.4. The highest BCUT2D eigenvalue weighted by atomic mass is 14.5. The first kappa shape index (κ1) is 29.2. The first-order valence-electron chi connectivity index (χ1n) is 17.2. The van der Waals surface area contributed by atoms with Gasteiger partial charge in [0.2, 0.25) is 0 Å². The second kappa shape index (κ2) is 12.2. The van der Waals surface area contributed by atoms with Crippen molar-refractivity contribution in [1.82, 2.24) is 0 Å². The standard InChI is InChI=1S/C47H40/c1-3-47(4-2,45-41-21-13-11-19-39(41)31-43(45)37-27-23-35(24-28-37)33-15-7-5-8-16-33)46-42-22-14-12-20-40(42)32-44(46)38-29-25-36(26-30-38)34-17-9-6-10-18-34/h5-30H,3-4,31-32H2,1-2H3. The summed E-state index contributed by atoms with van der Waals surface area (Å²) in [5.41, 5.74) is 19.3. The maximum atomic E-state index is 2.41. The van der Waals surface area contributed by atoms with Gasteiger partial charge in [0.05, 0.1) is 0 Å². The number of hydrogen-bond acceptors (Lipinski definition) is 0. The molecular weight excluding hydrogens is 565 g/mol. The summed E-state index contributed by atoms with van der Waals surface area (Å²) in [4.78, 5) is 0. The Bertz CT molecular complexity index is 1950. The molecule has 47 heavy (non-hydrogen) atoms. The minimum absolute atomic E-state index is 0.139. The number of allylic oxidation sites excluding steroid dienone is 4. The normalized spacial score (nSPS) is 14.0. The van der Waals surface area contributed by atoms with Gasteiger partial charge in [0.1, 0.15) is 0 Å². The van der Waals surface area contributed by atoms with E-state index in [0.717, 1.165) is 25.7 Å². The second-order valence-corrected chi connectivity index (χ2v) is 13.1. The molecule has 0 spiro atoms. The lowest BCUT2D eigenvalue weighted by Gasteiger charge is -2.39. The molecule has 0 atom stereocenters. The van der Waals surface area contributed by atoms with Crippen molar-refractivity contribution in [2.24, 2.45) is 5.41 Å². The number of fused-ring (bicyclic) bond motifs is 2. The van der Waals surface area contributed by atoms with E-state index in [1.54, 1.807) is 0 Å². The molecule has 0 N–H and O–H groups in total. The van der Waals surface area contributed by atoms with Crippen molar-refractivity contribution >= 4 is 22.3 Å². The van der Waals surface area contributed by atoms with Gasteiger partial charge in [-0.15, -0.1) is 0 Å². The van der Waals surface area contributed by atoms with E-state index in [2.05, 4.69) is 172 Å². The number of benzene rings is 6. The van der Waals surface area contributed by atoms with Gasteiger partial charge in [-0.25, -0.2) is 0 Å². The third-order valence-electron chi connectivity index (χ3n) is 10.8. The molecule has 0 radical (unpaired) electrons. The van der Waals surface area contributed by atoms with Gasteiger partial charge in [0, 0.05) is 5.41 Å². The van der Waals surface area contributed by atoms with Gasteiger partial charge in [-0.05, 0) is 104 Å². The minimum atomic E-state index is -0.139. The van der Waals surface area contributed by atoms with E-state index in [1.165, 1.54) is 77.9 Å². The zero-order valence-electron chi connectivity index (χ0n) is 27.3. The lowest BCUT2D eigenvalue weighted by Crippen LogP contribution is -2.24. The Labute approximate surface area is 279 Å². The summed E-state index contributed by atoms with van der Waals surface area (Å²) >= 11 is 0. The van der Waals surface area contributed by atoms with Crippen LogP contribution in [-0.2, 0) is 12.8 Å². The molecular formula is C47H40. The SMILES string of the molecule is CCC(CC)(C1=C(c2ccc(-c3ccccc3)cc2)Cc2ccccc21)C1=C(c2ccc(-c3ccccc3)cc2)Cc2ccccc21. The number of hydrogen-bond donors (Lipinski definition) is 0. The molecule has 6 aromatic carbocycles. The van der Waals surface area contributed by atoms with E-state index in [4.69, 9.17) is 0 Å². The Morgan fingerprint density at radius 3 is 1.06 bits per heavy atom. The summed E-state index contributed by atoms with van der Waals surface area (Å²) in [5.74, 6) is 0. The molecule has 2 aliphatic carbocycles. The molecule has 2 aliphatic rings. The molecule has 0 saturated carbocycles. The minimum Gasteiger partial charge on any atom is -0.0642 e. The van der Waals surface area contributed by atoms with Crippen LogP contribution in [0.3, 0.4) is 0 Å². The second-order valence-electron chi connectivity index (χ2n) is 13.1. The molecule has 8 rings (SSSR count). The summed E-state index contributed by atoms with van der Waals surface area (Å²) < 4.78 is 0. The Kier molecular flexibility index (Phi) is 7.58. The molecule has 0 amide bonds. The van der Waals surface area contributed by atoms with E-state index in [0.29, 0.717) is 0 Å². The predicted molar refractivity (Wildman–Crippen MR) is 201 cm³/mol. The highest BCUT2D eigenvalue weighted by Gasteiger charge is 2.44. The third kappa shape index (κ3) is 5.00. The van der Waals surface area contributed by atoms with Crippen molar-refractivity contribution in [3.63, 3.8) is 0 Å². The van der Waals surface area contributed by atoms with Crippen LogP contribution in [0, 0.1) is 5.41 Å². The van der Waals surface area contributed by atoms with Crippen LogP contribution in [-0.4, -0.2) is 0 Å². The number of rotatable bonds is 8. The van der Waals surface area contributed by atoms with E-state index < -0.39 is 0 Å². The lowest BCUT2D eigenvalue weighted by molar-refractivity contribution is 0.496. The Morgan fingerprint density at radius 2 is 0.681 bits per heavy atom. The van der Waals surface area contributed by atoms with Crippen molar-refractivity contribution < 1.29 is 0 Å². The molecule has 0 saturated heterocycles. The topological polar surface area (TPSA) is 0 Å². The molecule has 0 bridgehead atoms. The summed E-state index contributed by atoms with van der Waals surface area (Å²) in [6.45, 7) is 4.83. The van der Waals surface area contributed by atoms with Gasteiger partial charge >= 0.3 is 0 Å². The summed E-state index contributed by atoms with van der Waals surface area (Å²) in [7, 11) is 0. The monoisotopic (exact) mass is 604 g/mol. The average molecular weight is 605 g/mol. The van der Waals surface area contributed by atoms with Crippen LogP contribution in [0.4, 0.5) is 0 Å². The quantitative estimate of drug-likeness (QED) is 0.162. The van der Waals surface area contributed by atoms with Gasteiger partial charge in [-0.1, -0.05) is 172 Å².